The Hall–Kier alpha value is -2.04. The number of amides is 2. The molecule has 1 aliphatic carbocycles. The Morgan fingerprint density at radius 1 is 0.964 bits per heavy atom. The fourth-order valence-corrected chi connectivity index (χ4v) is 4.99. The lowest BCUT2D eigenvalue weighted by Crippen LogP contribution is -2.47. The number of carbonyl (C=O) groups excluding carboxylic acids is 2. The van der Waals surface area contributed by atoms with Crippen LogP contribution < -0.4 is 4.74 Å². The molecule has 0 bridgehead atoms. The minimum absolute atomic E-state index is 0.116. The van der Waals surface area contributed by atoms with E-state index in [4.69, 9.17) is 4.74 Å². The molecule has 1 saturated carbocycles. The predicted molar refractivity (Wildman–Crippen MR) is 108 cm³/mol. The Balaban J connectivity index is 1.45. The average molecular weight is 385 g/mol. The summed E-state index contributed by atoms with van der Waals surface area (Å²) in [4.78, 5) is 30.0. The number of carbonyl (C=O) groups is 2. The van der Waals surface area contributed by atoms with Gasteiger partial charge in [0.2, 0.25) is 11.8 Å². The van der Waals surface area contributed by atoms with Gasteiger partial charge in [-0.25, -0.2) is 0 Å². The predicted octanol–water partition coefficient (Wildman–Crippen LogP) is 3.63. The molecule has 1 aromatic rings. The molecule has 0 N–H and O–H groups in total. The van der Waals surface area contributed by atoms with Gasteiger partial charge < -0.3 is 14.5 Å². The normalized spacial score (nSPS) is 25.9. The molecule has 0 spiro atoms. The number of rotatable bonds is 5. The van der Waals surface area contributed by atoms with E-state index in [-0.39, 0.29) is 24.0 Å². The zero-order valence-electron chi connectivity index (χ0n) is 16.7. The van der Waals surface area contributed by atoms with Gasteiger partial charge in [0.05, 0.1) is 6.54 Å². The summed E-state index contributed by atoms with van der Waals surface area (Å²) in [6.45, 7) is 2.17. The quantitative estimate of drug-likeness (QED) is 0.779. The molecule has 1 aromatic carbocycles. The van der Waals surface area contributed by atoms with E-state index in [1.807, 2.05) is 40.1 Å². The summed E-state index contributed by atoms with van der Waals surface area (Å²) in [6, 6.07) is 9.36. The van der Waals surface area contributed by atoms with Gasteiger partial charge in [-0.05, 0) is 43.7 Å². The van der Waals surface area contributed by atoms with Gasteiger partial charge in [0.25, 0.3) is 0 Å². The Morgan fingerprint density at radius 2 is 1.68 bits per heavy atom. The maximum atomic E-state index is 13.1. The van der Waals surface area contributed by atoms with Crippen molar-refractivity contribution in [3.8, 4) is 5.75 Å². The van der Waals surface area contributed by atoms with E-state index >= 15 is 0 Å². The summed E-state index contributed by atoms with van der Waals surface area (Å²) >= 11 is 0. The highest BCUT2D eigenvalue weighted by Gasteiger charge is 2.43. The van der Waals surface area contributed by atoms with E-state index in [0.29, 0.717) is 25.3 Å². The molecule has 2 heterocycles. The van der Waals surface area contributed by atoms with Crippen LogP contribution in [0.25, 0.3) is 0 Å². The monoisotopic (exact) mass is 384 g/mol. The van der Waals surface area contributed by atoms with Gasteiger partial charge in [0.15, 0.2) is 0 Å². The van der Waals surface area contributed by atoms with Crippen molar-refractivity contribution in [1.29, 1.82) is 0 Å². The SMILES string of the molecule is O=C([C@@H]1C[C@H](Oc2ccccc2)CN1C(=O)CC1CCCCC1)N1CCCC1. The van der Waals surface area contributed by atoms with Crippen LogP contribution in [0.3, 0.4) is 0 Å². The molecule has 152 valence electrons. The molecule has 28 heavy (non-hydrogen) atoms. The zero-order valence-corrected chi connectivity index (χ0v) is 16.7. The van der Waals surface area contributed by atoms with Gasteiger partial charge in [0, 0.05) is 25.9 Å². The van der Waals surface area contributed by atoms with Crippen LogP contribution in [0, 0.1) is 5.92 Å². The van der Waals surface area contributed by atoms with Crippen LogP contribution in [0.1, 0.15) is 57.8 Å². The Bertz CT molecular complexity index is 666. The second kappa shape index (κ2) is 8.97. The Kier molecular flexibility index (Phi) is 6.18. The fourth-order valence-electron chi connectivity index (χ4n) is 4.99. The highest BCUT2D eigenvalue weighted by Crippen LogP contribution is 2.30. The van der Waals surface area contributed by atoms with Gasteiger partial charge in [-0.1, -0.05) is 37.5 Å². The summed E-state index contributed by atoms with van der Waals surface area (Å²) in [6.07, 6.45) is 9.25. The van der Waals surface area contributed by atoms with Gasteiger partial charge in [-0.15, -0.1) is 0 Å². The number of likely N-dealkylation sites (tertiary alicyclic amines) is 2. The molecule has 0 radical (unpaired) electrons. The Morgan fingerprint density at radius 3 is 2.39 bits per heavy atom. The Labute approximate surface area is 168 Å². The third-order valence-electron chi connectivity index (χ3n) is 6.52. The second-order valence-corrected chi connectivity index (χ2v) is 8.59. The lowest BCUT2D eigenvalue weighted by molar-refractivity contribution is -0.143. The number of ether oxygens (including phenoxy) is 1. The molecule has 4 rings (SSSR count). The maximum absolute atomic E-state index is 13.1. The number of para-hydroxylation sites is 1. The zero-order chi connectivity index (χ0) is 19.3. The third-order valence-corrected chi connectivity index (χ3v) is 6.52. The first-order valence-corrected chi connectivity index (χ1v) is 11.0. The van der Waals surface area contributed by atoms with Crippen molar-refractivity contribution >= 4 is 11.8 Å². The van der Waals surface area contributed by atoms with E-state index in [9.17, 15) is 9.59 Å². The first-order valence-electron chi connectivity index (χ1n) is 11.0. The molecular formula is C23H32N2O3. The molecule has 3 fully saturated rings. The fraction of sp³-hybridized carbons (Fsp3) is 0.652. The largest absolute Gasteiger partial charge is 0.488 e. The summed E-state index contributed by atoms with van der Waals surface area (Å²) < 4.78 is 6.12. The van der Waals surface area contributed by atoms with Crippen molar-refractivity contribution in [2.24, 2.45) is 5.92 Å². The van der Waals surface area contributed by atoms with Crippen molar-refractivity contribution in [3.05, 3.63) is 30.3 Å². The molecule has 2 atom stereocenters. The average Bonchev–Trinajstić information content (AvgIpc) is 3.39. The summed E-state index contributed by atoms with van der Waals surface area (Å²) in [7, 11) is 0. The highest BCUT2D eigenvalue weighted by molar-refractivity contribution is 5.88. The van der Waals surface area contributed by atoms with E-state index in [1.54, 1.807) is 0 Å². The van der Waals surface area contributed by atoms with Crippen molar-refractivity contribution < 1.29 is 14.3 Å². The molecule has 2 saturated heterocycles. The van der Waals surface area contributed by atoms with Crippen LogP contribution in [-0.2, 0) is 9.59 Å². The minimum Gasteiger partial charge on any atom is -0.488 e. The molecule has 5 heteroatoms. The smallest absolute Gasteiger partial charge is 0.245 e. The van der Waals surface area contributed by atoms with E-state index < -0.39 is 0 Å². The molecule has 2 amide bonds. The number of hydrogen-bond acceptors (Lipinski definition) is 3. The lowest BCUT2D eigenvalue weighted by Gasteiger charge is -2.29. The molecular weight excluding hydrogens is 352 g/mol. The summed E-state index contributed by atoms with van der Waals surface area (Å²) in [5.41, 5.74) is 0. The molecule has 2 aliphatic heterocycles. The molecule has 5 nitrogen and oxygen atoms in total. The van der Waals surface area contributed by atoms with Crippen LogP contribution in [0.5, 0.6) is 5.75 Å². The standard InChI is InChI=1S/C23H32N2O3/c26-22(15-18-9-3-1-4-10-18)25-17-20(28-19-11-5-2-6-12-19)16-21(25)23(27)24-13-7-8-14-24/h2,5-6,11-12,18,20-21H,1,3-4,7-10,13-17H2/t20-,21-/m0/s1. The molecule has 0 unspecified atom stereocenters. The maximum Gasteiger partial charge on any atom is 0.245 e. The van der Waals surface area contributed by atoms with Crippen LogP contribution >= 0.6 is 0 Å². The van der Waals surface area contributed by atoms with E-state index in [2.05, 4.69) is 0 Å². The number of benzene rings is 1. The molecule has 3 aliphatic rings. The van der Waals surface area contributed by atoms with Gasteiger partial charge >= 0.3 is 0 Å². The highest BCUT2D eigenvalue weighted by atomic mass is 16.5. The summed E-state index contributed by atoms with van der Waals surface area (Å²) in [5.74, 6) is 1.55. The first-order chi connectivity index (χ1) is 13.7. The van der Waals surface area contributed by atoms with Crippen molar-refractivity contribution in [2.75, 3.05) is 19.6 Å². The van der Waals surface area contributed by atoms with Crippen LogP contribution in [-0.4, -0.2) is 53.4 Å². The third kappa shape index (κ3) is 4.50. The van der Waals surface area contributed by atoms with Crippen LogP contribution in [0.15, 0.2) is 30.3 Å². The van der Waals surface area contributed by atoms with E-state index in [1.165, 1.54) is 19.3 Å². The van der Waals surface area contributed by atoms with Crippen molar-refractivity contribution in [3.63, 3.8) is 0 Å². The lowest BCUT2D eigenvalue weighted by atomic mass is 9.86. The van der Waals surface area contributed by atoms with Crippen LogP contribution in [0.2, 0.25) is 0 Å². The minimum atomic E-state index is -0.358. The topological polar surface area (TPSA) is 49.9 Å². The van der Waals surface area contributed by atoms with Crippen molar-refractivity contribution in [2.45, 2.75) is 69.9 Å². The number of nitrogens with zero attached hydrogens (tertiary/aromatic N) is 2. The van der Waals surface area contributed by atoms with Gasteiger partial charge in [0.1, 0.15) is 17.9 Å². The van der Waals surface area contributed by atoms with Gasteiger partial charge in [-0.2, -0.15) is 0 Å². The van der Waals surface area contributed by atoms with E-state index in [0.717, 1.165) is 44.5 Å². The summed E-state index contributed by atoms with van der Waals surface area (Å²) in [5, 5.41) is 0. The second-order valence-electron chi connectivity index (χ2n) is 8.59. The van der Waals surface area contributed by atoms with Gasteiger partial charge in [-0.3, -0.25) is 9.59 Å². The number of hydrogen-bond donors (Lipinski definition) is 0. The first kappa shape index (κ1) is 19.3. The van der Waals surface area contributed by atoms with Crippen LogP contribution in [0.4, 0.5) is 0 Å². The molecule has 0 aromatic heterocycles. The van der Waals surface area contributed by atoms with Crippen molar-refractivity contribution in [1.82, 2.24) is 9.80 Å².